The normalized spacial score (nSPS) is 17.2. The minimum absolute atomic E-state index is 0.0392. The molecule has 2 aromatic heterocycles. The van der Waals surface area contributed by atoms with Crippen LogP contribution in [-0.4, -0.2) is 15.8 Å². The maximum Gasteiger partial charge on any atom is 0.289 e. The first kappa shape index (κ1) is 20.6. The van der Waals surface area contributed by atoms with Crippen LogP contribution in [0.5, 0.6) is 0 Å². The number of benzene rings is 2. The van der Waals surface area contributed by atoms with Crippen LogP contribution in [0.1, 0.15) is 34.4 Å². The van der Waals surface area contributed by atoms with E-state index in [1.807, 2.05) is 0 Å². The maximum absolute atomic E-state index is 14.8. The molecule has 2 N–H and O–H groups in total. The Kier molecular flexibility index (Phi) is 4.81. The largest absolute Gasteiger partial charge is 0.711 e. The van der Waals surface area contributed by atoms with Gasteiger partial charge in [-0.1, -0.05) is 35.3 Å². The molecule has 2 aromatic carbocycles. The molecule has 3 heterocycles. The lowest BCUT2D eigenvalue weighted by molar-refractivity contribution is -0.608. The number of hydrogen-bond donors (Lipinski definition) is 1. The molecule has 6 nitrogen and oxygen atoms in total. The van der Waals surface area contributed by atoms with Gasteiger partial charge in [0.05, 0.1) is 11.1 Å². The topological polar surface area (TPSA) is 91.1 Å². The Morgan fingerprint density at radius 3 is 2.58 bits per heavy atom. The minimum atomic E-state index is -2.80. The van der Waals surface area contributed by atoms with Crippen LogP contribution in [0.15, 0.2) is 84.5 Å². The summed E-state index contributed by atoms with van der Waals surface area (Å²) in [6.07, 6.45) is 2.48. The van der Waals surface area contributed by atoms with Crippen LogP contribution in [0.3, 0.4) is 0 Å². The van der Waals surface area contributed by atoms with E-state index >= 15 is 0 Å². The number of hydrogen-bond acceptors (Lipinski definition) is 5. The average Bonchev–Trinajstić information content (AvgIpc) is 3.14. The molecule has 164 valence electrons. The molecule has 1 aliphatic heterocycles. The Hall–Kier alpha value is -4.27. The van der Waals surface area contributed by atoms with Gasteiger partial charge in [-0.05, 0) is 41.0 Å². The molecule has 0 aliphatic carbocycles. The summed E-state index contributed by atoms with van der Waals surface area (Å²) in [6, 6.07) is 14.3. The zero-order valence-corrected chi connectivity index (χ0v) is 17.0. The quantitative estimate of drug-likeness (QED) is 0.380. The maximum atomic E-state index is 14.8. The lowest BCUT2D eigenvalue weighted by Gasteiger charge is -2.29. The molecular weight excluding hydrogens is 431 g/mol. The van der Waals surface area contributed by atoms with Crippen LogP contribution >= 0.6 is 0 Å². The van der Waals surface area contributed by atoms with Crippen molar-refractivity contribution in [3.8, 4) is 11.1 Å². The molecule has 0 unspecified atom stereocenters. The van der Waals surface area contributed by atoms with Gasteiger partial charge < -0.3 is 10.9 Å². The van der Waals surface area contributed by atoms with E-state index < -0.39 is 23.5 Å². The third-order valence-electron chi connectivity index (χ3n) is 5.64. The molecule has 0 amide bonds. The van der Waals surface area contributed by atoms with Gasteiger partial charge in [-0.3, -0.25) is 4.98 Å². The van der Waals surface area contributed by atoms with Gasteiger partial charge >= 0.3 is 0 Å². The van der Waals surface area contributed by atoms with E-state index in [0.29, 0.717) is 32.5 Å². The van der Waals surface area contributed by atoms with Crippen molar-refractivity contribution in [1.29, 1.82) is 0 Å². The fraction of sp³-hybridized carbons (Fsp3) is 0.0833. The highest BCUT2D eigenvalue weighted by atomic mass is 19.3. The van der Waals surface area contributed by atoms with E-state index in [9.17, 15) is 18.4 Å². The first-order valence-corrected chi connectivity index (χ1v) is 9.94. The fourth-order valence-electron chi connectivity index (χ4n) is 4.24. The van der Waals surface area contributed by atoms with Crippen LogP contribution < -0.4 is 10.5 Å². The Labute approximate surface area is 186 Å². The zero-order valence-electron chi connectivity index (χ0n) is 17.0. The van der Waals surface area contributed by atoms with E-state index in [-0.39, 0.29) is 11.4 Å². The number of pyridine rings is 1. The van der Waals surface area contributed by atoms with Crippen molar-refractivity contribution in [2.45, 2.75) is 12.0 Å². The molecule has 0 bridgehead atoms. The zero-order chi connectivity index (χ0) is 23.2. The third kappa shape index (κ3) is 3.29. The van der Waals surface area contributed by atoms with Crippen molar-refractivity contribution < 1.29 is 17.9 Å². The van der Waals surface area contributed by atoms with Gasteiger partial charge in [-0.15, -0.1) is 0 Å². The lowest BCUT2D eigenvalue weighted by Crippen LogP contribution is -2.26. The summed E-state index contributed by atoms with van der Waals surface area (Å²) < 4.78 is 42.3. The summed E-state index contributed by atoms with van der Waals surface area (Å²) in [6.45, 7) is 0. The average molecular weight is 447 g/mol. The number of rotatable bonds is 4. The van der Waals surface area contributed by atoms with Gasteiger partial charge in [-0.2, -0.15) is 0 Å². The first-order chi connectivity index (χ1) is 15.9. The molecule has 1 aliphatic rings. The van der Waals surface area contributed by atoms with Crippen molar-refractivity contribution in [3.05, 3.63) is 118 Å². The molecule has 33 heavy (non-hydrogen) atoms. The van der Waals surface area contributed by atoms with Gasteiger partial charge in [0.25, 0.3) is 12.8 Å². The number of fused-ring (bicyclic) bond motifs is 1. The number of aromatic nitrogens is 3. The highest BCUT2D eigenvalue weighted by molar-refractivity contribution is 6.03. The van der Waals surface area contributed by atoms with E-state index in [4.69, 9.17) is 5.73 Å². The van der Waals surface area contributed by atoms with Crippen molar-refractivity contribution in [2.24, 2.45) is 10.7 Å². The predicted molar refractivity (Wildman–Crippen MR) is 115 cm³/mol. The van der Waals surface area contributed by atoms with Gasteiger partial charge in [0, 0.05) is 11.8 Å². The Balaban J connectivity index is 1.81. The van der Waals surface area contributed by atoms with Crippen LogP contribution in [0, 0.1) is 11.0 Å². The molecule has 5 rings (SSSR count). The molecule has 1 atom stereocenters. The number of nitrogens with zero attached hydrogens (tertiary/aromatic N) is 4. The molecule has 0 saturated carbocycles. The summed E-state index contributed by atoms with van der Waals surface area (Å²) in [7, 11) is 0. The van der Waals surface area contributed by atoms with Crippen molar-refractivity contribution >= 4 is 5.84 Å². The van der Waals surface area contributed by atoms with Gasteiger partial charge in [-0.25, -0.2) is 22.9 Å². The lowest BCUT2D eigenvalue weighted by atomic mass is 9.77. The van der Waals surface area contributed by atoms with E-state index in [1.54, 1.807) is 36.4 Å². The van der Waals surface area contributed by atoms with Crippen LogP contribution in [0.25, 0.3) is 11.1 Å². The highest BCUT2D eigenvalue weighted by Crippen LogP contribution is 2.47. The second-order valence-electron chi connectivity index (χ2n) is 7.56. The molecule has 0 radical (unpaired) electrons. The van der Waals surface area contributed by atoms with E-state index in [1.165, 1.54) is 36.8 Å². The van der Waals surface area contributed by atoms with Gasteiger partial charge in [0.1, 0.15) is 29.1 Å². The van der Waals surface area contributed by atoms with Crippen molar-refractivity contribution in [3.63, 3.8) is 0 Å². The summed E-state index contributed by atoms with van der Waals surface area (Å²) in [5, 5.41) is 11.7. The fourth-order valence-corrected chi connectivity index (χ4v) is 4.24. The Morgan fingerprint density at radius 1 is 1.00 bits per heavy atom. The van der Waals surface area contributed by atoms with Gasteiger partial charge in [0.2, 0.25) is 0 Å². The summed E-state index contributed by atoms with van der Waals surface area (Å²) in [5.41, 5.74) is 6.99. The number of aliphatic imine (C=N–C) groups is 1. The SMILES string of the molecule is NC1=N[C@@](c2cccc(-c3cnc[n+]([O-])c3)c2)(c2ccnc(C(F)F)c2)c2cccc(F)c21. The van der Waals surface area contributed by atoms with Crippen molar-refractivity contribution in [2.75, 3.05) is 0 Å². The smallest absolute Gasteiger partial charge is 0.289 e. The summed E-state index contributed by atoms with van der Waals surface area (Å²) in [5.74, 6) is -0.600. The summed E-state index contributed by atoms with van der Waals surface area (Å²) in [4.78, 5) is 12.3. The van der Waals surface area contributed by atoms with Crippen LogP contribution in [0.2, 0.25) is 0 Å². The molecule has 0 spiro atoms. The number of alkyl halides is 2. The first-order valence-electron chi connectivity index (χ1n) is 9.94. The minimum Gasteiger partial charge on any atom is -0.711 e. The van der Waals surface area contributed by atoms with Gasteiger partial charge in [0.15, 0.2) is 6.20 Å². The van der Waals surface area contributed by atoms with E-state index in [0.717, 1.165) is 6.33 Å². The molecule has 9 heteroatoms. The highest BCUT2D eigenvalue weighted by Gasteiger charge is 2.44. The molecule has 0 fully saturated rings. The third-order valence-corrected chi connectivity index (χ3v) is 5.64. The summed E-state index contributed by atoms with van der Waals surface area (Å²) >= 11 is 0. The second-order valence-corrected chi connectivity index (χ2v) is 7.56. The molecule has 4 aromatic rings. The van der Waals surface area contributed by atoms with Crippen LogP contribution in [-0.2, 0) is 5.54 Å². The molecule has 0 saturated heterocycles. The Morgan fingerprint density at radius 2 is 1.79 bits per heavy atom. The van der Waals surface area contributed by atoms with E-state index in [2.05, 4.69) is 15.0 Å². The number of amidine groups is 1. The van der Waals surface area contributed by atoms with Crippen molar-refractivity contribution in [1.82, 2.24) is 9.97 Å². The van der Waals surface area contributed by atoms with Crippen LogP contribution in [0.4, 0.5) is 13.2 Å². The number of halogens is 3. The monoisotopic (exact) mass is 447 g/mol. The molecular formula is C24H16F3N5O. The predicted octanol–water partition coefficient (Wildman–Crippen LogP) is 3.86. The Bertz CT molecular complexity index is 1410. The number of nitrogens with two attached hydrogens (primary N) is 1. The second kappa shape index (κ2) is 7.70. The standard InChI is InChI=1S/C24H16F3N5O/c25-19-6-2-5-18-21(19)23(28)31-24(18,17-7-8-30-20(10-17)22(26)27)16-4-1-3-14(9-16)15-11-29-13-32(33)12-15/h1-13,22H,(H2,28,31)/t24-/m0/s1.